The average Bonchev–Trinajstić information content (AvgIpc) is 3.29. The van der Waals surface area contributed by atoms with Crippen LogP contribution in [0.5, 0.6) is 0 Å². The van der Waals surface area contributed by atoms with Crippen molar-refractivity contribution in [2.24, 2.45) is 0 Å². The van der Waals surface area contributed by atoms with E-state index in [-0.39, 0.29) is 23.4 Å². The van der Waals surface area contributed by atoms with Gasteiger partial charge < -0.3 is 10.2 Å². The molecule has 1 amide bonds. The Hall–Kier alpha value is -2.68. The number of benzene rings is 2. The van der Waals surface area contributed by atoms with Crippen molar-refractivity contribution >= 4 is 33.0 Å². The van der Waals surface area contributed by atoms with Crippen molar-refractivity contribution in [3.05, 3.63) is 82.6 Å². The number of nitrogens with zero attached hydrogens (tertiary/aromatic N) is 2. The van der Waals surface area contributed by atoms with Crippen LogP contribution in [-0.4, -0.2) is 46.4 Å². The van der Waals surface area contributed by atoms with Gasteiger partial charge in [-0.25, -0.2) is 8.42 Å². The largest absolute Gasteiger partial charge is 0.350 e. The number of likely N-dealkylation sites (N-methyl/N-ethyl adjacent to an activating group) is 1. The Bertz CT molecular complexity index is 1100. The van der Waals surface area contributed by atoms with Gasteiger partial charge >= 0.3 is 0 Å². The molecule has 31 heavy (non-hydrogen) atoms. The first-order chi connectivity index (χ1) is 14.8. The van der Waals surface area contributed by atoms with Gasteiger partial charge in [0, 0.05) is 23.5 Å². The lowest BCUT2D eigenvalue weighted by Crippen LogP contribution is -2.34. The molecule has 1 aromatic heterocycles. The molecule has 0 aliphatic heterocycles. The molecule has 0 spiro atoms. The van der Waals surface area contributed by atoms with Crippen LogP contribution in [0.15, 0.2) is 77.0 Å². The minimum absolute atomic E-state index is 0.0459. The Labute approximate surface area is 188 Å². The Balaban J connectivity index is 1.79. The van der Waals surface area contributed by atoms with Crippen LogP contribution in [0.1, 0.15) is 28.2 Å². The zero-order valence-electron chi connectivity index (χ0n) is 17.9. The lowest BCUT2D eigenvalue weighted by atomic mass is 10.2. The minimum Gasteiger partial charge on any atom is -0.350 e. The van der Waals surface area contributed by atoms with Gasteiger partial charge in [-0.2, -0.15) is 0 Å². The van der Waals surface area contributed by atoms with Crippen LogP contribution in [0.25, 0.3) is 0 Å². The molecule has 3 rings (SSSR count). The van der Waals surface area contributed by atoms with E-state index in [1.807, 2.05) is 42.6 Å². The molecule has 164 valence electrons. The number of thiophene rings is 1. The van der Waals surface area contributed by atoms with Crippen LogP contribution < -0.4 is 9.62 Å². The highest BCUT2D eigenvalue weighted by molar-refractivity contribution is 7.92. The molecule has 1 atom stereocenters. The number of nitrogens with one attached hydrogen (secondary N) is 1. The second kappa shape index (κ2) is 10.1. The lowest BCUT2D eigenvalue weighted by molar-refractivity contribution is 0.0942. The normalized spacial score (nSPS) is 12.5. The highest BCUT2D eigenvalue weighted by atomic mass is 32.2. The van der Waals surface area contributed by atoms with E-state index < -0.39 is 10.0 Å². The minimum atomic E-state index is -3.79. The Morgan fingerprint density at radius 2 is 1.77 bits per heavy atom. The third-order valence-electron chi connectivity index (χ3n) is 4.97. The maximum atomic E-state index is 13.2. The van der Waals surface area contributed by atoms with Crippen molar-refractivity contribution in [1.29, 1.82) is 0 Å². The van der Waals surface area contributed by atoms with E-state index in [1.54, 1.807) is 54.7 Å². The van der Waals surface area contributed by atoms with Crippen molar-refractivity contribution in [3.8, 4) is 0 Å². The maximum Gasteiger partial charge on any atom is 0.264 e. The third kappa shape index (κ3) is 5.33. The molecule has 0 saturated carbocycles. The molecule has 0 fully saturated rings. The molecule has 8 heteroatoms. The summed E-state index contributed by atoms with van der Waals surface area (Å²) in [5.74, 6) is -0.303. The van der Waals surface area contributed by atoms with E-state index in [0.29, 0.717) is 17.8 Å². The number of hydrogen-bond acceptors (Lipinski definition) is 5. The molecular weight excluding hydrogens is 430 g/mol. The zero-order chi connectivity index (χ0) is 22.4. The Kier molecular flexibility index (Phi) is 7.48. The predicted molar refractivity (Wildman–Crippen MR) is 126 cm³/mol. The summed E-state index contributed by atoms with van der Waals surface area (Å²) in [7, 11) is 0.136. The van der Waals surface area contributed by atoms with Gasteiger partial charge in [0.2, 0.25) is 0 Å². The van der Waals surface area contributed by atoms with Crippen LogP contribution in [-0.2, 0) is 10.0 Å². The van der Waals surface area contributed by atoms with Gasteiger partial charge in [0.05, 0.1) is 16.6 Å². The van der Waals surface area contributed by atoms with E-state index >= 15 is 0 Å². The molecule has 0 radical (unpaired) electrons. The van der Waals surface area contributed by atoms with Crippen molar-refractivity contribution in [1.82, 2.24) is 10.2 Å². The van der Waals surface area contributed by atoms with E-state index in [0.717, 1.165) is 4.88 Å². The van der Waals surface area contributed by atoms with Crippen LogP contribution in [0, 0.1) is 0 Å². The number of rotatable bonds is 9. The first kappa shape index (κ1) is 23.0. The molecular formula is C23H27N3O3S2. The van der Waals surface area contributed by atoms with E-state index in [4.69, 9.17) is 0 Å². The molecule has 0 saturated heterocycles. The van der Waals surface area contributed by atoms with Gasteiger partial charge in [0.15, 0.2) is 0 Å². The summed E-state index contributed by atoms with van der Waals surface area (Å²) in [5.41, 5.74) is 0.901. The fraction of sp³-hybridized carbons (Fsp3) is 0.261. The van der Waals surface area contributed by atoms with Gasteiger partial charge in [0.1, 0.15) is 0 Å². The molecule has 3 aromatic rings. The molecule has 6 nitrogen and oxygen atoms in total. The Morgan fingerprint density at radius 1 is 1.03 bits per heavy atom. The van der Waals surface area contributed by atoms with Gasteiger partial charge in [-0.15, -0.1) is 11.3 Å². The summed E-state index contributed by atoms with van der Waals surface area (Å²) >= 11 is 1.64. The molecule has 2 aromatic carbocycles. The first-order valence-corrected chi connectivity index (χ1v) is 12.3. The Morgan fingerprint density at radius 3 is 2.39 bits per heavy atom. The highest BCUT2D eigenvalue weighted by Crippen LogP contribution is 2.25. The summed E-state index contributed by atoms with van der Waals surface area (Å²) in [6.45, 7) is 2.50. The van der Waals surface area contributed by atoms with Crippen molar-refractivity contribution in [2.75, 3.05) is 31.5 Å². The monoisotopic (exact) mass is 457 g/mol. The number of sulfonamides is 1. The topological polar surface area (TPSA) is 69.7 Å². The quantitative estimate of drug-likeness (QED) is 0.527. The molecule has 1 N–H and O–H groups in total. The van der Waals surface area contributed by atoms with Crippen LogP contribution in [0.2, 0.25) is 0 Å². The summed E-state index contributed by atoms with van der Waals surface area (Å²) < 4.78 is 27.8. The second-order valence-electron chi connectivity index (χ2n) is 7.24. The summed E-state index contributed by atoms with van der Waals surface area (Å²) in [4.78, 5) is 16.1. The fourth-order valence-corrected chi connectivity index (χ4v) is 5.76. The highest BCUT2D eigenvalue weighted by Gasteiger charge is 2.24. The van der Waals surface area contributed by atoms with Crippen LogP contribution in [0.3, 0.4) is 0 Å². The van der Waals surface area contributed by atoms with Gasteiger partial charge in [-0.3, -0.25) is 9.10 Å². The predicted octanol–water partition coefficient (Wildman–Crippen LogP) is 4.00. The van der Waals surface area contributed by atoms with Gasteiger partial charge in [0.25, 0.3) is 15.9 Å². The average molecular weight is 458 g/mol. The number of hydrogen-bond donors (Lipinski definition) is 1. The maximum absolute atomic E-state index is 13.2. The summed E-state index contributed by atoms with van der Waals surface area (Å²) in [5, 5.41) is 4.95. The number of carbonyl (C=O) groups excluding carboxylic acids is 1. The summed E-state index contributed by atoms with van der Waals surface area (Å²) in [6, 6.07) is 19.2. The molecule has 0 bridgehead atoms. The van der Waals surface area contributed by atoms with Crippen LogP contribution in [0.4, 0.5) is 5.69 Å². The van der Waals surface area contributed by atoms with E-state index in [9.17, 15) is 13.2 Å². The molecule has 0 aliphatic rings. The zero-order valence-corrected chi connectivity index (χ0v) is 19.5. The van der Waals surface area contributed by atoms with Gasteiger partial charge in [-0.1, -0.05) is 30.3 Å². The number of anilines is 1. The van der Waals surface area contributed by atoms with E-state index in [1.165, 1.54) is 16.4 Å². The standard InChI is InChI=1S/C23H27N3O3S2/c1-4-26(19-11-6-5-7-12-19)31(28,29)20-13-8-10-18(16-20)23(27)24-17-21(25(2)3)22-14-9-15-30-22/h5-16,21H,4,17H2,1-3H3,(H,24,27)/t21-/m1/s1. The SMILES string of the molecule is CCN(c1ccccc1)S(=O)(=O)c1cccc(C(=O)NC[C@H](c2cccs2)N(C)C)c1. The van der Waals surface area contributed by atoms with Crippen molar-refractivity contribution in [3.63, 3.8) is 0 Å². The number of amides is 1. The summed E-state index contributed by atoms with van der Waals surface area (Å²) in [6.07, 6.45) is 0. The number of carbonyl (C=O) groups is 1. The first-order valence-electron chi connectivity index (χ1n) is 10.0. The lowest BCUT2D eigenvalue weighted by Gasteiger charge is -2.24. The third-order valence-corrected chi connectivity index (χ3v) is 7.84. The van der Waals surface area contributed by atoms with Gasteiger partial charge in [-0.05, 0) is 62.8 Å². The van der Waals surface area contributed by atoms with Crippen molar-refractivity contribution < 1.29 is 13.2 Å². The smallest absolute Gasteiger partial charge is 0.264 e. The van der Waals surface area contributed by atoms with Crippen LogP contribution >= 0.6 is 11.3 Å². The van der Waals surface area contributed by atoms with E-state index in [2.05, 4.69) is 5.32 Å². The molecule has 0 unspecified atom stereocenters. The fourth-order valence-electron chi connectivity index (χ4n) is 3.32. The molecule has 1 heterocycles. The molecule has 0 aliphatic carbocycles. The number of para-hydroxylation sites is 1. The second-order valence-corrected chi connectivity index (χ2v) is 10.1. The van der Waals surface area contributed by atoms with Crippen molar-refractivity contribution in [2.45, 2.75) is 17.9 Å².